The summed E-state index contributed by atoms with van der Waals surface area (Å²) in [5, 5.41) is 9.86. The van der Waals surface area contributed by atoms with Gasteiger partial charge in [-0.25, -0.2) is 15.0 Å². The van der Waals surface area contributed by atoms with Crippen molar-refractivity contribution in [3.05, 3.63) is 35.9 Å². The molecule has 3 aromatic rings. The Morgan fingerprint density at radius 3 is 2.62 bits per heavy atom. The molecule has 0 N–H and O–H groups in total. The van der Waals surface area contributed by atoms with Crippen molar-refractivity contribution < 1.29 is 22.6 Å². The largest absolute Gasteiger partial charge is 0.477 e. The Kier molecular flexibility index (Phi) is 8.54. The maximum absolute atomic E-state index is 14.0. The van der Waals surface area contributed by atoms with Gasteiger partial charge >= 0.3 is 6.18 Å². The number of rotatable bonds is 9. The molecule has 0 bridgehead atoms. The summed E-state index contributed by atoms with van der Waals surface area (Å²) in [5.74, 6) is -0.197. The third-order valence-electron chi connectivity index (χ3n) is 7.98. The van der Waals surface area contributed by atoms with E-state index in [1.165, 1.54) is 19.0 Å². The van der Waals surface area contributed by atoms with E-state index in [1.807, 2.05) is 6.07 Å². The van der Waals surface area contributed by atoms with E-state index >= 15 is 0 Å². The highest BCUT2D eigenvalue weighted by atomic mass is 19.4. The number of likely N-dealkylation sites (tertiary alicyclic amines) is 2. The van der Waals surface area contributed by atoms with E-state index in [0.29, 0.717) is 36.1 Å². The molecule has 5 heterocycles. The van der Waals surface area contributed by atoms with Gasteiger partial charge in [0.15, 0.2) is 0 Å². The minimum Gasteiger partial charge on any atom is -0.477 e. The van der Waals surface area contributed by atoms with Crippen molar-refractivity contribution in [3.8, 4) is 23.2 Å². The fourth-order valence-electron chi connectivity index (χ4n) is 5.54. The summed E-state index contributed by atoms with van der Waals surface area (Å²) in [6.07, 6.45) is 3.33. The van der Waals surface area contributed by atoms with Crippen LogP contribution in [0.2, 0.25) is 0 Å². The van der Waals surface area contributed by atoms with Crippen molar-refractivity contribution in [2.75, 3.05) is 46.6 Å². The number of piperidine rings is 1. The lowest BCUT2D eigenvalue weighted by Gasteiger charge is -2.32. The number of nitrogens with zero attached hydrogens (tertiary/aromatic N) is 7. The summed E-state index contributed by atoms with van der Waals surface area (Å²) < 4.78 is 55.3. The standard InChI is InChI=1S/C28H34F3N7O2/c1-36-9-3-4-21(36)17-39-18-38-11-5-19(6-12-38)8-13-40-27-23(28(29,30)31)14-20(16-33-27)25-22-7-10-37(2)26(22)35-24(15-32)34-25/h7,10,14,16,19,21H,3-6,8-9,11-13,17-18H2,1-2H3/t21-/m0/s1. The third kappa shape index (κ3) is 6.37. The highest BCUT2D eigenvalue weighted by Gasteiger charge is 2.36. The van der Waals surface area contributed by atoms with Gasteiger partial charge in [-0.3, -0.25) is 4.90 Å². The van der Waals surface area contributed by atoms with Crippen molar-refractivity contribution in [1.82, 2.24) is 29.3 Å². The predicted molar refractivity (Wildman–Crippen MR) is 142 cm³/mol. The van der Waals surface area contributed by atoms with Crippen LogP contribution in [0.5, 0.6) is 5.88 Å². The molecule has 0 unspecified atom stereocenters. The summed E-state index contributed by atoms with van der Waals surface area (Å²) in [5.41, 5.74) is -0.151. The van der Waals surface area contributed by atoms with Crippen molar-refractivity contribution >= 4 is 11.0 Å². The van der Waals surface area contributed by atoms with Crippen molar-refractivity contribution in [2.24, 2.45) is 13.0 Å². The molecule has 5 rings (SSSR count). The zero-order valence-electron chi connectivity index (χ0n) is 22.8. The summed E-state index contributed by atoms with van der Waals surface area (Å²) in [7, 11) is 3.88. The number of halogens is 3. The maximum atomic E-state index is 14.0. The van der Waals surface area contributed by atoms with E-state index in [2.05, 4.69) is 31.8 Å². The van der Waals surface area contributed by atoms with Crippen LogP contribution >= 0.6 is 0 Å². The summed E-state index contributed by atoms with van der Waals surface area (Å²) in [6.45, 7) is 4.47. The molecular formula is C28H34F3N7O2. The van der Waals surface area contributed by atoms with Crippen LogP contribution in [0, 0.1) is 17.2 Å². The van der Waals surface area contributed by atoms with Crippen LogP contribution in [0.4, 0.5) is 13.2 Å². The average Bonchev–Trinajstić information content (AvgIpc) is 3.53. The number of aryl methyl sites for hydroxylation is 1. The molecular weight excluding hydrogens is 523 g/mol. The van der Waals surface area contributed by atoms with Crippen LogP contribution in [0.15, 0.2) is 24.5 Å². The lowest BCUT2D eigenvalue weighted by molar-refractivity contribution is -0.139. The molecule has 2 aliphatic heterocycles. The van der Waals surface area contributed by atoms with Gasteiger partial charge in [0.1, 0.15) is 17.3 Å². The van der Waals surface area contributed by atoms with Gasteiger partial charge in [-0.1, -0.05) is 0 Å². The highest BCUT2D eigenvalue weighted by Crippen LogP contribution is 2.38. The molecule has 0 aliphatic carbocycles. The van der Waals surface area contributed by atoms with Gasteiger partial charge in [0, 0.05) is 49.5 Å². The van der Waals surface area contributed by atoms with Crippen LogP contribution < -0.4 is 4.74 Å². The molecule has 0 spiro atoms. The van der Waals surface area contributed by atoms with E-state index in [4.69, 9.17) is 9.47 Å². The first-order valence-corrected chi connectivity index (χ1v) is 13.7. The Balaban J connectivity index is 1.18. The van der Waals surface area contributed by atoms with Crippen LogP contribution in [-0.4, -0.2) is 82.0 Å². The number of ether oxygens (including phenoxy) is 2. The van der Waals surface area contributed by atoms with Crippen LogP contribution in [-0.2, 0) is 18.0 Å². The van der Waals surface area contributed by atoms with E-state index in [0.717, 1.165) is 45.1 Å². The van der Waals surface area contributed by atoms with Gasteiger partial charge in [-0.05, 0) is 63.7 Å². The molecule has 214 valence electrons. The Hall–Kier alpha value is -3.27. The molecule has 0 saturated carbocycles. The molecule has 40 heavy (non-hydrogen) atoms. The van der Waals surface area contributed by atoms with Gasteiger partial charge in [0.25, 0.3) is 0 Å². The lowest BCUT2D eigenvalue weighted by atomic mass is 9.94. The van der Waals surface area contributed by atoms with E-state index in [9.17, 15) is 18.4 Å². The summed E-state index contributed by atoms with van der Waals surface area (Å²) in [4.78, 5) is 17.0. The monoisotopic (exact) mass is 557 g/mol. The zero-order chi connectivity index (χ0) is 28.3. The van der Waals surface area contributed by atoms with Crippen molar-refractivity contribution in [1.29, 1.82) is 5.26 Å². The smallest absolute Gasteiger partial charge is 0.421 e. The zero-order valence-corrected chi connectivity index (χ0v) is 22.8. The van der Waals surface area contributed by atoms with Gasteiger partial charge in [0.2, 0.25) is 11.7 Å². The number of hydrogen-bond acceptors (Lipinski definition) is 8. The number of hydrogen-bond donors (Lipinski definition) is 0. The first-order chi connectivity index (χ1) is 19.2. The highest BCUT2D eigenvalue weighted by molar-refractivity contribution is 5.91. The minimum atomic E-state index is -4.67. The fraction of sp³-hybridized carbons (Fsp3) is 0.571. The topological polar surface area (TPSA) is 92.3 Å². The normalized spacial score (nSPS) is 19.4. The number of likely N-dealkylation sites (N-methyl/N-ethyl adjacent to an activating group) is 1. The number of alkyl halides is 3. The van der Waals surface area contributed by atoms with Gasteiger partial charge in [-0.15, -0.1) is 0 Å². The van der Waals surface area contributed by atoms with Crippen LogP contribution in [0.3, 0.4) is 0 Å². The second-order valence-electron chi connectivity index (χ2n) is 10.7. The van der Waals surface area contributed by atoms with E-state index in [1.54, 1.807) is 23.9 Å². The quantitative estimate of drug-likeness (QED) is 0.381. The van der Waals surface area contributed by atoms with Crippen molar-refractivity contribution in [3.63, 3.8) is 0 Å². The molecule has 2 saturated heterocycles. The van der Waals surface area contributed by atoms with Crippen LogP contribution in [0.1, 0.15) is 43.5 Å². The minimum absolute atomic E-state index is 0.128. The SMILES string of the molecule is CN1CCC[C@H]1COCN1CCC(CCOc2ncc(-c3nc(C#N)nc4c3ccn4C)cc2C(F)(F)F)CC1. The Morgan fingerprint density at radius 2 is 1.93 bits per heavy atom. The maximum Gasteiger partial charge on any atom is 0.421 e. The molecule has 12 heteroatoms. The second kappa shape index (κ2) is 12.1. The van der Waals surface area contributed by atoms with E-state index in [-0.39, 0.29) is 23.7 Å². The first kappa shape index (κ1) is 28.3. The Morgan fingerprint density at radius 1 is 1.12 bits per heavy atom. The molecule has 0 amide bonds. The van der Waals surface area contributed by atoms with Crippen LogP contribution in [0.25, 0.3) is 22.3 Å². The molecule has 9 nitrogen and oxygen atoms in total. The number of fused-ring (bicyclic) bond motifs is 1. The predicted octanol–water partition coefficient (Wildman–Crippen LogP) is 4.47. The third-order valence-corrected chi connectivity index (χ3v) is 7.98. The summed E-state index contributed by atoms with van der Waals surface area (Å²) >= 11 is 0. The van der Waals surface area contributed by atoms with E-state index < -0.39 is 17.6 Å². The van der Waals surface area contributed by atoms with Gasteiger partial charge in [0.05, 0.1) is 25.6 Å². The number of pyridine rings is 1. The molecule has 3 aromatic heterocycles. The Bertz CT molecular complexity index is 1360. The molecule has 2 aliphatic rings. The van der Waals surface area contributed by atoms with Gasteiger partial charge in [-0.2, -0.15) is 18.4 Å². The average molecular weight is 558 g/mol. The Labute approximate surface area is 231 Å². The number of nitriles is 1. The molecule has 1 atom stereocenters. The fourth-order valence-corrected chi connectivity index (χ4v) is 5.54. The number of aromatic nitrogens is 4. The molecule has 2 fully saturated rings. The van der Waals surface area contributed by atoms with Gasteiger partial charge < -0.3 is 18.9 Å². The first-order valence-electron chi connectivity index (χ1n) is 13.7. The lowest BCUT2D eigenvalue weighted by Crippen LogP contribution is -2.37. The molecule has 0 aromatic carbocycles. The van der Waals surface area contributed by atoms with Crippen molar-refractivity contribution in [2.45, 2.75) is 44.3 Å². The second-order valence-corrected chi connectivity index (χ2v) is 10.7. The summed E-state index contributed by atoms with van der Waals surface area (Å²) in [6, 6.07) is 5.07. The molecule has 0 radical (unpaired) electrons.